The Labute approximate surface area is 119 Å². The van der Waals surface area contributed by atoms with E-state index in [1.165, 1.54) is 10.6 Å². The molecule has 0 spiro atoms. The Morgan fingerprint density at radius 2 is 2.05 bits per heavy atom. The van der Waals surface area contributed by atoms with Gasteiger partial charge in [0.05, 0.1) is 0 Å². The third-order valence-electron chi connectivity index (χ3n) is 3.32. The van der Waals surface area contributed by atoms with E-state index in [1.807, 2.05) is 13.8 Å². The number of carbonyl (C=O) groups excluding carboxylic acids is 1. The Morgan fingerprint density at radius 3 is 2.53 bits per heavy atom. The molecule has 0 bridgehead atoms. The van der Waals surface area contributed by atoms with Gasteiger partial charge in [-0.15, -0.1) is 11.6 Å². The predicted octanol–water partition coefficient (Wildman–Crippen LogP) is 2.25. The Hall–Kier alpha value is -1.29. The van der Waals surface area contributed by atoms with E-state index in [0.29, 0.717) is 18.0 Å². The molecule has 0 aromatic carbocycles. The molecule has 5 heteroatoms. The largest absolute Gasteiger partial charge is 0.334 e. The molecule has 0 fully saturated rings. The highest BCUT2D eigenvalue weighted by atomic mass is 35.5. The molecule has 0 N–H and O–H groups in total. The molecular weight excluding hydrogens is 264 g/mol. The van der Waals surface area contributed by atoms with Crippen LogP contribution in [0.25, 0.3) is 0 Å². The van der Waals surface area contributed by atoms with Crippen LogP contribution in [-0.4, -0.2) is 33.8 Å². The van der Waals surface area contributed by atoms with Gasteiger partial charge in [0.25, 0.3) is 11.5 Å². The van der Waals surface area contributed by atoms with Crippen LogP contribution in [-0.2, 0) is 7.05 Å². The quantitative estimate of drug-likeness (QED) is 0.752. The number of nitrogens with zero attached hydrogens (tertiary/aromatic N) is 2. The average Bonchev–Trinajstić information content (AvgIpc) is 2.41. The maximum absolute atomic E-state index is 12.5. The minimum atomic E-state index is -0.179. The lowest BCUT2D eigenvalue weighted by Gasteiger charge is -2.30. The summed E-state index contributed by atoms with van der Waals surface area (Å²) in [7, 11) is 1.66. The fourth-order valence-corrected chi connectivity index (χ4v) is 2.30. The molecule has 1 heterocycles. The van der Waals surface area contributed by atoms with Crippen molar-refractivity contribution < 1.29 is 4.79 Å². The fraction of sp³-hybridized carbons (Fsp3) is 0.571. The van der Waals surface area contributed by atoms with Crippen LogP contribution >= 0.6 is 11.6 Å². The first-order valence-electron chi connectivity index (χ1n) is 6.58. The Bertz CT molecular complexity index is 481. The van der Waals surface area contributed by atoms with Gasteiger partial charge in [-0.2, -0.15) is 0 Å². The van der Waals surface area contributed by atoms with Crippen molar-refractivity contribution in [2.24, 2.45) is 7.05 Å². The molecule has 0 aliphatic carbocycles. The first kappa shape index (κ1) is 15.8. The van der Waals surface area contributed by atoms with Gasteiger partial charge in [-0.1, -0.05) is 13.8 Å². The zero-order chi connectivity index (χ0) is 14.4. The highest BCUT2D eigenvalue weighted by Crippen LogP contribution is 2.13. The van der Waals surface area contributed by atoms with E-state index in [0.717, 1.165) is 12.8 Å². The van der Waals surface area contributed by atoms with E-state index in [9.17, 15) is 9.59 Å². The van der Waals surface area contributed by atoms with Gasteiger partial charge in [0.2, 0.25) is 0 Å². The van der Waals surface area contributed by atoms with Crippen molar-refractivity contribution in [2.45, 2.75) is 32.7 Å². The SMILES string of the molecule is CCC(CC)N(CCCl)C(=O)c1ccn(C)c(=O)c1. The number of pyridine rings is 1. The second-order valence-corrected chi connectivity index (χ2v) is 4.90. The van der Waals surface area contributed by atoms with Gasteiger partial charge < -0.3 is 9.47 Å². The summed E-state index contributed by atoms with van der Waals surface area (Å²) in [5.41, 5.74) is 0.251. The first-order chi connectivity index (χ1) is 9.04. The molecule has 0 radical (unpaired) electrons. The van der Waals surface area contributed by atoms with Crippen LogP contribution in [0.15, 0.2) is 23.1 Å². The molecule has 4 nitrogen and oxygen atoms in total. The number of amides is 1. The minimum Gasteiger partial charge on any atom is -0.334 e. The second kappa shape index (κ2) is 7.34. The first-order valence-corrected chi connectivity index (χ1v) is 7.12. The van der Waals surface area contributed by atoms with E-state index in [-0.39, 0.29) is 17.5 Å². The lowest BCUT2D eigenvalue weighted by atomic mass is 10.1. The van der Waals surface area contributed by atoms with Crippen molar-refractivity contribution in [3.05, 3.63) is 34.2 Å². The van der Waals surface area contributed by atoms with E-state index >= 15 is 0 Å². The summed E-state index contributed by atoms with van der Waals surface area (Å²) in [5, 5.41) is 0. The van der Waals surface area contributed by atoms with Crippen molar-refractivity contribution in [2.75, 3.05) is 12.4 Å². The number of alkyl halides is 1. The summed E-state index contributed by atoms with van der Waals surface area (Å²) in [6, 6.07) is 3.22. The van der Waals surface area contributed by atoms with Crippen molar-refractivity contribution in [3.8, 4) is 0 Å². The number of aryl methyl sites for hydroxylation is 1. The molecule has 106 valence electrons. The third-order valence-corrected chi connectivity index (χ3v) is 3.49. The summed E-state index contributed by atoms with van der Waals surface area (Å²) in [4.78, 5) is 25.8. The average molecular weight is 285 g/mol. The summed E-state index contributed by atoms with van der Waals surface area (Å²) in [6.07, 6.45) is 3.37. The lowest BCUT2D eigenvalue weighted by molar-refractivity contribution is 0.0681. The molecule has 0 aliphatic heterocycles. The molecule has 0 saturated carbocycles. The van der Waals surface area contributed by atoms with Crippen molar-refractivity contribution in [1.29, 1.82) is 0 Å². The number of carbonyl (C=O) groups is 1. The molecule has 1 aromatic rings. The maximum atomic E-state index is 12.5. The van der Waals surface area contributed by atoms with Crippen LogP contribution in [0.1, 0.15) is 37.0 Å². The van der Waals surface area contributed by atoms with Crippen molar-refractivity contribution in [1.82, 2.24) is 9.47 Å². The number of hydrogen-bond acceptors (Lipinski definition) is 2. The molecule has 19 heavy (non-hydrogen) atoms. The zero-order valence-corrected chi connectivity index (χ0v) is 12.5. The zero-order valence-electron chi connectivity index (χ0n) is 11.7. The molecule has 0 aliphatic rings. The molecule has 0 unspecified atom stereocenters. The van der Waals surface area contributed by atoms with Gasteiger partial charge in [0, 0.05) is 43.3 Å². The topological polar surface area (TPSA) is 42.3 Å². The van der Waals surface area contributed by atoms with Crippen LogP contribution in [0, 0.1) is 0 Å². The molecule has 0 saturated heterocycles. The summed E-state index contributed by atoms with van der Waals surface area (Å²) < 4.78 is 1.44. The molecule has 1 rings (SSSR count). The number of rotatable bonds is 6. The summed E-state index contributed by atoms with van der Waals surface area (Å²) >= 11 is 5.78. The van der Waals surface area contributed by atoms with E-state index in [1.54, 1.807) is 24.2 Å². The monoisotopic (exact) mass is 284 g/mol. The van der Waals surface area contributed by atoms with Crippen LogP contribution in [0.5, 0.6) is 0 Å². The van der Waals surface area contributed by atoms with Gasteiger partial charge in [-0.05, 0) is 18.9 Å². The van der Waals surface area contributed by atoms with Gasteiger partial charge in [0.1, 0.15) is 0 Å². The van der Waals surface area contributed by atoms with Gasteiger partial charge in [-0.25, -0.2) is 0 Å². The van der Waals surface area contributed by atoms with Crippen molar-refractivity contribution in [3.63, 3.8) is 0 Å². The highest BCUT2D eigenvalue weighted by Gasteiger charge is 2.22. The van der Waals surface area contributed by atoms with E-state index in [2.05, 4.69) is 0 Å². The standard InChI is InChI=1S/C14H21ClN2O2/c1-4-12(5-2)17(9-7-15)14(19)11-6-8-16(3)13(18)10-11/h6,8,10,12H,4-5,7,9H2,1-3H3. The van der Waals surface area contributed by atoms with E-state index in [4.69, 9.17) is 11.6 Å². The Morgan fingerprint density at radius 1 is 1.42 bits per heavy atom. The molecule has 1 amide bonds. The fourth-order valence-electron chi connectivity index (χ4n) is 2.12. The smallest absolute Gasteiger partial charge is 0.254 e. The predicted molar refractivity (Wildman–Crippen MR) is 77.8 cm³/mol. The molecule has 0 atom stereocenters. The van der Waals surface area contributed by atoms with Crippen LogP contribution < -0.4 is 5.56 Å². The number of halogens is 1. The normalized spacial score (nSPS) is 10.8. The molecular formula is C14H21ClN2O2. The number of hydrogen-bond donors (Lipinski definition) is 0. The van der Waals surface area contributed by atoms with E-state index < -0.39 is 0 Å². The third kappa shape index (κ3) is 3.83. The van der Waals surface area contributed by atoms with Crippen LogP contribution in [0.3, 0.4) is 0 Å². The van der Waals surface area contributed by atoms with Gasteiger partial charge in [-0.3, -0.25) is 9.59 Å². The highest BCUT2D eigenvalue weighted by molar-refractivity contribution is 6.18. The lowest BCUT2D eigenvalue weighted by Crippen LogP contribution is -2.41. The Kier molecular flexibility index (Phi) is 6.09. The minimum absolute atomic E-state index is 0.118. The van der Waals surface area contributed by atoms with Crippen LogP contribution in [0.4, 0.5) is 0 Å². The second-order valence-electron chi connectivity index (χ2n) is 4.52. The van der Waals surface area contributed by atoms with Gasteiger partial charge in [0.15, 0.2) is 0 Å². The molecule has 1 aromatic heterocycles. The summed E-state index contributed by atoms with van der Waals surface area (Å²) in [5.74, 6) is 0.277. The Balaban J connectivity index is 3.04. The number of aromatic nitrogens is 1. The summed E-state index contributed by atoms with van der Waals surface area (Å²) in [6.45, 7) is 4.60. The van der Waals surface area contributed by atoms with Crippen LogP contribution in [0.2, 0.25) is 0 Å². The maximum Gasteiger partial charge on any atom is 0.254 e. The van der Waals surface area contributed by atoms with Gasteiger partial charge >= 0.3 is 0 Å². The van der Waals surface area contributed by atoms with Crippen molar-refractivity contribution >= 4 is 17.5 Å².